The Balaban J connectivity index is 1.72. The molecule has 5 nitrogen and oxygen atoms in total. The average molecular weight is 285 g/mol. The van der Waals surface area contributed by atoms with E-state index in [1.165, 1.54) is 6.07 Å². The predicted octanol–water partition coefficient (Wildman–Crippen LogP) is 1.42. The summed E-state index contributed by atoms with van der Waals surface area (Å²) in [5.41, 5.74) is -0.0460. The van der Waals surface area contributed by atoms with Crippen molar-refractivity contribution in [1.82, 2.24) is 10.2 Å². The third-order valence-corrected chi connectivity index (χ3v) is 3.00. The highest BCUT2D eigenvalue weighted by Crippen LogP contribution is 2.14. The van der Waals surface area contributed by atoms with Gasteiger partial charge < -0.3 is 15.4 Å². The minimum absolute atomic E-state index is 0.0460. The molecule has 0 aromatic heterocycles. The molecule has 20 heavy (non-hydrogen) atoms. The zero-order valence-electron chi connectivity index (χ0n) is 11.0. The van der Waals surface area contributed by atoms with Crippen molar-refractivity contribution in [2.75, 3.05) is 44.7 Å². The van der Waals surface area contributed by atoms with Crippen LogP contribution in [-0.4, -0.2) is 50.3 Å². The monoisotopic (exact) mass is 285 g/mol. The third-order valence-electron chi connectivity index (χ3n) is 3.00. The van der Waals surface area contributed by atoms with Crippen LogP contribution in [0.4, 0.5) is 19.3 Å². The van der Waals surface area contributed by atoms with E-state index in [2.05, 4.69) is 15.5 Å². The molecule has 0 unspecified atom stereocenters. The maximum Gasteiger partial charge on any atom is 0.319 e. The molecular formula is C13H17F2N3O2. The van der Waals surface area contributed by atoms with Gasteiger partial charge in [0.05, 0.1) is 18.9 Å². The average Bonchev–Trinajstić information content (AvgIpc) is 2.43. The summed E-state index contributed by atoms with van der Waals surface area (Å²) in [6.07, 6.45) is 0. The van der Waals surface area contributed by atoms with Crippen LogP contribution in [0.1, 0.15) is 0 Å². The lowest BCUT2D eigenvalue weighted by Gasteiger charge is -2.26. The minimum atomic E-state index is -0.798. The van der Waals surface area contributed by atoms with Gasteiger partial charge in [-0.25, -0.2) is 13.6 Å². The number of halogens is 2. The van der Waals surface area contributed by atoms with Crippen molar-refractivity contribution in [3.8, 4) is 0 Å². The number of hydrogen-bond acceptors (Lipinski definition) is 3. The number of carbonyl (C=O) groups excluding carboxylic acids is 1. The normalized spacial score (nSPS) is 15.9. The first-order valence-corrected chi connectivity index (χ1v) is 6.45. The number of amides is 2. The Hall–Kier alpha value is -1.73. The quantitative estimate of drug-likeness (QED) is 0.879. The van der Waals surface area contributed by atoms with E-state index in [9.17, 15) is 13.6 Å². The van der Waals surface area contributed by atoms with Crippen LogP contribution in [0.5, 0.6) is 0 Å². The summed E-state index contributed by atoms with van der Waals surface area (Å²) in [5, 5.41) is 4.97. The molecule has 0 bridgehead atoms. The van der Waals surface area contributed by atoms with Crippen LogP contribution in [0.25, 0.3) is 0 Å². The van der Waals surface area contributed by atoms with Crippen LogP contribution in [0.3, 0.4) is 0 Å². The Kier molecular flexibility index (Phi) is 5.25. The number of benzene rings is 1. The number of urea groups is 1. The lowest BCUT2D eigenvalue weighted by molar-refractivity contribution is 0.0388. The van der Waals surface area contributed by atoms with Crippen LogP contribution in [0.15, 0.2) is 18.2 Å². The van der Waals surface area contributed by atoms with Gasteiger partial charge in [0, 0.05) is 32.2 Å². The van der Waals surface area contributed by atoms with Gasteiger partial charge in [0.1, 0.15) is 11.6 Å². The number of anilines is 1. The molecule has 7 heteroatoms. The maximum atomic E-state index is 13.3. The smallest absolute Gasteiger partial charge is 0.319 e. The van der Waals surface area contributed by atoms with E-state index in [1.807, 2.05) is 0 Å². The summed E-state index contributed by atoms with van der Waals surface area (Å²) in [6, 6.07) is 2.49. The highest BCUT2D eigenvalue weighted by molar-refractivity contribution is 5.89. The second kappa shape index (κ2) is 7.16. The molecule has 1 aliphatic rings. The van der Waals surface area contributed by atoms with Gasteiger partial charge >= 0.3 is 6.03 Å². The van der Waals surface area contributed by atoms with Gasteiger partial charge in [-0.15, -0.1) is 0 Å². The topological polar surface area (TPSA) is 53.6 Å². The number of morpholine rings is 1. The van der Waals surface area contributed by atoms with Gasteiger partial charge in [0.15, 0.2) is 0 Å². The van der Waals surface area contributed by atoms with E-state index in [-0.39, 0.29) is 5.69 Å². The van der Waals surface area contributed by atoms with Crippen molar-refractivity contribution < 1.29 is 18.3 Å². The fourth-order valence-corrected chi connectivity index (χ4v) is 1.91. The van der Waals surface area contributed by atoms with Gasteiger partial charge in [-0.2, -0.15) is 0 Å². The lowest BCUT2D eigenvalue weighted by Crippen LogP contribution is -2.42. The van der Waals surface area contributed by atoms with E-state index in [1.54, 1.807) is 0 Å². The Morgan fingerprint density at radius 1 is 1.30 bits per heavy atom. The van der Waals surface area contributed by atoms with Crippen LogP contribution < -0.4 is 10.6 Å². The molecule has 1 aromatic carbocycles. The van der Waals surface area contributed by atoms with Gasteiger partial charge in [0.25, 0.3) is 0 Å². The molecule has 2 N–H and O–H groups in total. The van der Waals surface area contributed by atoms with Gasteiger partial charge in [-0.3, -0.25) is 4.90 Å². The minimum Gasteiger partial charge on any atom is -0.379 e. The van der Waals surface area contributed by atoms with Crippen molar-refractivity contribution in [2.45, 2.75) is 0 Å². The molecule has 1 aromatic rings. The van der Waals surface area contributed by atoms with Crippen molar-refractivity contribution in [3.63, 3.8) is 0 Å². The molecule has 0 radical (unpaired) electrons. The van der Waals surface area contributed by atoms with Crippen molar-refractivity contribution in [3.05, 3.63) is 29.8 Å². The zero-order chi connectivity index (χ0) is 14.4. The van der Waals surface area contributed by atoms with E-state index in [4.69, 9.17) is 4.74 Å². The molecule has 0 spiro atoms. The molecule has 1 heterocycles. The Morgan fingerprint density at radius 3 is 2.75 bits per heavy atom. The lowest BCUT2D eigenvalue weighted by atomic mass is 10.3. The van der Waals surface area contributed by atoms with Crippen LogP contribution in [0.2, 0.25) is 0 Å². The molecule has 0 saturated carbocycles. The Bertz CT molecular complexity index is 465. The SMILES string of the molecule is O=C(NCCN1CCOCC1)Nc1ccc(F)cc1F. The van der Waals surface area contributed by atoms with Crippen LogP contribution >= 0.6 is 0 Å². The summed E-state index contributed by atoms with van der Waals surface area (Å²) in [5.74, 6) is -1.48. The molecule has 1 saturated heterocycles. The van der Waals surface area contributed by atoms with E-state index >= 15 is 0 Å². The second-order valence-corrected chi connectivity index (χ2v) is 4.46. The largest absolute Gasteiger partial charge is 0.379 e. The molecule has 2 amide bonds. The van der Waals surface area contributed by atoms with Crippen molar-refractivity contribution in [2.24, 2.45) is 0 Å². The second-order valence-electron chi connectivity index (χ2n) is 4.46. The van der Waals surface area contributed by atoms with E-state index in [0.717, 1.165) is 25.2 Å². The summed E-state index contributed by atoms with van der Waals surface area (Å²) >= 11 is 0. The number of carbonyl (C=O) groups is 1. The predicted molar refractivity (Wildman–Crippen MR) is 70.6 cm³/mol. The van der Waals surface area contributed by atoms with Crippen molar-refractivity contribution >= 4 is 11.7 Å². The molecule has 110 valence electrons. The number of rotatable bonds is 4. The highest BCUT2D eigenvalue weighted by Gasteiger charge is 2.11. The first-order valence-electron chi connectivity index (χ1n) is 6.45. The van der Waals surface area contributed by atoms with Crippen LogP contribution in [-0.2, 0) is 4.74 Å². The van der Waals surface area contributed by atoms with Crippen LogP contribution in [0, 0.1) is 11.6 Å². The Morgan fingerprint density at radius 2 is 2.05 bits per heavy atom. The molecule has 0 atom stereocenters. The molecular weight excluding hydrogens is 268 g/mol. The standard InChI is InChI=1S/C13H17F2N3O2/c14-10-1-2-12(11(15)9-10)17-13(19)16-3-4-18-5-7-20-8-6-18/h1-2,9H,3-8H2,(H2,16,17,19). The molecule has 1 fully saturated rings. The zero-order valence-corrected chi connectivity index (χ0v) is 11.0. The first kappa shape index (κ1) is 14.7. The maximum absolute atomic E-state index is 13.3. The summed E-state index contributed by atoms with van der Waals surface area (Å²) in [7, 11) is 0. The highest BCUT2D eigenvalue weighted by atomic mass is 19.1. The fourth-order valence-electron chi connectivity index (χ4n) is 1.91. The summed E-state index contributed by atoms with van der Waals surface area (Å²) in [6.45, 7) is 4.25. The van der Waals surface area contributed by atoms with E-state index in [0.29, 0.717) is 26.3 Å². The third kappa shape index (κ3) is 4.43. The van der Waals surface area contributed by atoms with Gasteiger partial charge in [0.2, 0.25) is 0 Å². The van der Waals surface area contributed by atoms with Gasteiger partial charge in [-0.05, 0) is 12.1 Å². The number of nitrogens with zero attached hydrogens (tertiary/aromatic N) is 1. The number of ether oxygens (including phenoxy) is 1. The molecule has 0 aliphatic carbocycles. The Labute approximate surface area is 115 Å². The molecule has 2 rings (SSSR count). The fraction of sp³-hybridized carbons (Fsp3) is 0.462. The van der Waals surface area contributed by atoms with Crippen molar-refractivity contribution in [1.29, 1.82) is 0 Å². The number of hydrogen-bond donors (Lipinski definition) is 2. The first-order chi connectivity index (χ1) is 9.65. The van der Waals surface area contributed by atoms with Gasteiger partial charge in [-0.1, -0.05) is 0 Å². The summed E-state index contributed by atoms with van der Waals surface area (Å²) in [4.78, 5) is 13.7. The summed E-state index contributed by atoms with van der Waals surface area (Å²) < 4.78 is 31.2. The molecule has 1 aliphatic heterocycles. The number of nitrogens with one attached hydrogen (secondary N) is 2. The van der Waals surface area contributed by atoms with E-state index < -0.39 is 17.7 Å².